The van der Waals surface area contributed by atoms with Crippen LogP contribution in [0.5, 0.6) is 0 Å². The maximum absolute atomic E-state index is 12.6. The number of hydrogen-bond acceptors (Lipinski definition) is 2. The standard InChI is InChI=1S/C14H10F3NO/c1-9-4-5-11(14(15,16)17)7-12(9)13(19)10-3-2-6-18-8-10/h2-8H,1H3. The zero-order valence-corrected chi connectivity index (χ0v) is 10.0. The topological polar surface area (TPSA) is 30.0 Å². The molecule has 1 aromatic heterocycles. The van der Waals surface area contributed by atoms with Crippen LogP contribution in [0.1, 0.15) is 27.0 Å². The Balaban J connectivity index is 2.48. The van der Waals surface area contributed by atoms with Crippen LogP contribution in [0.3, 0.4) is 0 Å². The first-order chi connectivity index (χ1) is 8.89. The van der Waals surface area contributed by atoms with E-state index < -0.39 is 17.5 Å². The molecule has 0 fully saturated rings. The predicted octanol–water partition coefficient (Wildman–Crippen LogP) is 3.64. The summed E-state index contributed by atoms with van der Waals surface area (Å²) in [5.74, 6) is -0.461. The van der Waals surface area contributed by atoms with Gasteiger partial charge in [0.05, 0.1) is 5.56 Å². The average Bonchev–Trinajstić information content (AvgIpc) is 2.38. The van der Waals surface area contributed by atoms with Gasteiger partial charge in [0.15, 0.2) is 5.78 Å². The molecular formula is C14H10F3NO. The van der Waals surface area contributed by atoms with Gasteiger partial charge in [-0.2, -0.15) is 13.2 Å². The van der Waals surface area contributed by atoms with Crippen LogP contribution >= 0.6 is 0 Å². The summed E-state index contributed by atoms with van der Waals surface area (Å²) in [5.41, 5.74) is -0.0139. The Morgan fingerprint density at radius 3 is 2.53 bits per heavy atom. The minimum Gasteiger partial charge on any atom is -0.289 e. The third kappa shape index (κ3) is 2.81. The second kappa shape index (κ2) is 4.84. The van der Waals surface area contributed by atoms with E-state index in [1.807, 2.05) is 0 Å². The molecule has 0 aliphatic carbocycles. The number of benzene rings is 1. The monoisotopic (exact) mass is 265 g/mol. The summed E-state index contributed by atoms with van der Waals surface area (Å²) < 4.78 is 37.9. The highest BCUT2D eigenvalue weighted by atomic mass is 19.4. The molecule has 2 rings (SSSR count). The Kier molecular flexibility index (Phi) is 3.38. The fourth-order valence-electron chi connectivity index (χ4n) is 1.70. The summed E-state index contributed by atoms with van der Waals surface area (Å²) in [7, 11) is 0. The van der Waals surface area contributed by atoms with Gasteiger partial charge in [-0.05, 0) is 36.8 Å². The van der Waals surface area contributed by atoms with Gasteiger partial charge < -0.3 is 0 Å². The Morgan fingerprint density at radius 1 is 1.21 bits per heavy atom. The SMILES string of the molecule is Cc1ccc(C(F)(F)F)cc1C(=O)c1cccnc1. The smallest absolute Gasteiger partial charge is 0.289 e. The van der Waals surface area contributed by atoms with Crippen LogP contribution < -0.4 is 0 Å². The van der Waals surface area contributed by atoms with E-state index in [2.05, 4.69) is 4.98 Å². The number of aromatic nitrogens is 1. The van der Waals surface area contributed by atoms with Crippen LogP contribution in [0, 0.1) is 6.92 Å². The van der Waals surface area contributed by atoms with Gasteiger partial charge in [-0.15, -0.1) is 0 Å². The highest BCUT2D eigenvalue weighted by Crippen LogP contribution is 2.31. The summed E-state index contributed by atoms with van der Waals surface area (Å²) in [5, 5.41) is 0. The molecule has 19 heavy (non-hydrogen) atoms. The maximum atomic E-state index is 12.6. The quantitative estimate of drug-likeness (QED) is 0.776. The van der Waals surface area contributed by atoms with E-state index >= 15 is 0 Å². The lowest BCUT2D eigenvalue weighted by molar-refractivity contribution is -0.137. The first-order valence-corrected chi connectivity index (χ1v) is 5.52. The van der Waals surface area contributed by atoms with Crippen molar-refractivity contribution in [3.63, 3.8) is 0 Å². The molecule has 0 saturated heterocycles. The Bertz CT molecular complexity index is 606. The highest BCUT2D eigenvalue weighted by Gasteiger charge is 2.31. The van der Waals surface area contributed by atoms with E-state index in [0.29, 0.717) is 5.56 Å². The lowest BCUT2D eigenvalue weighted by Crippen LogP contribution is -2.10. The minimum atomic E-state index is -4.46. The molecule has 1 heterocycles. The summed E-state index contributed by atoms with van der Waals surface area (Å²) in [6.07, 6.45) is -1.63. The molecule has 0 spiro atoms. The molecule has 1 aromatic carbocycles. The van der Waals surface area contributed by atoms with Gasteiger partial charge in [0, 0.05) is 23.5 Å². The zero-order valence-electron chi connectivity index (χ0n) is 10.0. The van der Waals surface area contributed by atoms with Gasteiger partial charge in [-0.3, -0.25) is 9.78 Å². The Hall–Kier alpha value is -2.17. The molecule has 0 atom stereocenters. The first kappa shape index (κ1) is 13.3. The number of carbonyl (C=O) groups excluding carboxylic acids is 1. The van der Waals surface area contributed by atoms with Crippen LogP contribution in [-0.2, 0) is 6.18 Å². The summed E-state index contributed by atoms with van der Waals surface area (Å²) in [6, 6.07) is 6.23. The molecule has 0 saturated carbocycles. The second-order valence-corrected chi connectivity index (χ2v) is 4.10. The van der Waals surface area contributed by atoms with Gasteiger partial charge in [0.2, 0.25) is 0 Å². The van der Waals surface area contributed by atoms with Crippen molar-refractivity contribution in [1.29, 1.82) is 0 Å². The van der Waals surface area contributed by atoms with Crippen molar-refractivity contribution >= 4 is 5.78 Å². The van der Waals surface area contributed by atoms with Crippen molar-refractivity contribution in [1.82, 2.24) is 4.98 Å². The van der Waals surface area contributed by atoms with Crippen LogP contribution in [0.4, 0.5) is 13.2 Å². The Morgan fingerprint density at radius 2 is 1.95 bits per heavy atom. The average molecular weight is 265 g/mol. The second-order valence-electron chi connectivity index (χ2n) is 4.10. The number of halogens is 3. The lowest BCUT2D eigenvalue weighted by Gasteiger charge is -2.10. The van der Waals surface area contributed by atoms with E-state index in [1.165, 1.54) is 24.5 Å². The lowest BCUT2D eigenvalue weighted by atomic mass is 9.98. The van der Waals surface area contributed by atoms with Crippen LogP contribution in [0.25, 0.3) is 0 Å². The van der Waals surface area contributed by atoms with Crippen LogP contribution in [0.2, 0.25) is 0 Å². The van der Waals surface area contributed by atoms with Crippen molar-refractivity contribution in [3.8, 4) is 0 Å². The van der Waals surface area contributed by atoms with E-state index in [0.717, 1.165) is 12.1 Å². The molecule has 98 valence electrons. The maximum Gasteiger partial charge on any atom is 0.416 e. The molecule has 0 aliphatic rings. The molecule has 2 aromatic rings. The number of hydrogen-bond donors (Lipinski definition) is 0. The third-order valence-corrected chi connectivity index (χ3v) is 2.73. The fourth-order valence-corrected chi connectivity index (χ4v) is 1.70. The van der Waals surface area contributed by atoms with Crippen molar-refractivity contribution in [2.24, 2.45) is 0 Å². The molecule has 2 nitrogen and oxygen atoms in total. The van der Waals surface area contributed by atoms with E-state index in [9.17, 15) is 18.0 Å². The summed E-state index contributed by atoms with van der Waals surface area (Å²) in [4.78, 5) is 15.9. The van der Waals surface area contributed by atoms with Crippen molar-refractivity contribution < 1.29 is 18.0 Å². The van der Waals surface area contributed by atoms with Crippen molar-refractivity contribution in [3.05, 3.63) is 65.0 Å². The number of ketones is 1. The van der Waals surface area contributed by atoms with Crippen LogP contribution in [0.15, 0.2) is 42.7 Å². The summed E-state index contributed by atoms with van der Waals surface area (Å²) >= 11 is 0. The molecule has 0 unspecified atom stereocenters. The van der Waals surface area contributed by atoms with Gasteiger partial charge in [-0.25, -0.2) is 0 Å². The van der Waals surface area contributed by atoms with Crippen molar-refractivity contribution in [2.75, 3.05) is 0 Å². The third-order valence-electron chi connectivity index (χ3n) is 2.73. The molecule has 0 bridgehead atoms. The minimum absolute atomic E-state index is 0.0443. The molecular weight excluding hydrogens is 255 g/mol. The van der Waals surface area contributed by atoms with Crippen LogP contribution in [-0.4, -0.2) is 10.8 Å². The van der Waals surface area contributed by atoms with E-state index in [4.69, 9.17) is 0 Å². The molecule has 5 heteroatoms. The largest absolute Gasteiger partial charge is 0.416 e. The zero-order chi connectivity index (χ0) is 14.0. The highest BCUT2D eigenvalue weighted by molar-refractivity contribution is 6.09. The van der Waals surface area contributed by atoms with E-state index in [-0.39, 0.29) is 11.1 Å². The number of aryl methyl sites for hydroxylation is 1. The number of nitrogens with zero attached hydrogens (tertiary/aromatic N) is 1. The number of pyridine rings is 1. The molecule has 0 amide bonds. The molecule has 0 aliphatic heterocycles. The predicted molar refractivity (Wildman–Crippen MR) is 63.9 cm³/mol. The number of carbonyl (C=O) groups is 1. The van der Waals surface area contributed by atoms with Gasteiger partial charge in [0.25, 0.3) is 0 Å². The Labute approximate surface area is 107 Å². The number of alkyl halides is 3. The van der Waals surface area contributed by atoms with Gasteiger partial charge in [-0.1, -0.05) is 6.07 Å². The first-order valence-electron chi connectivity index (χ1n) is 5.52. The fraction of sp³-hybridized carbons (Fsp3) is 0.143. The van der Waals surface area contributed by atoms with Crippen molar-refractivity contribution in [2.45, 2.75) is 13.1 Å². The molecule has 0 radical (unpaired) electrons. The number of rotatable bonds is 2. The van der Waals surface area contributed by atoms with Gasteiger partial charge in [0.1, 0.15) is 0 Å². The summed E-state index contributed by atoms with van der Waals surface area (Å²) in [6.45, 7) is 1.60. The van der Waals surface area contributed by atoms with Gasteiger partial charge >= 0.3 is 6.18 Å². The van der Waals surface area contributed by atoms with E-state index in [1.54, 1.807) is 13.0 Å². The molecule has 0 N–H and O–H groups in total. The normalized spacial score (nSPS) is 11.4.